The Bertz CT molecular complexity index is 465. The summed E-state index contributed by atoms with van der Waals surface area (Å²) < 4.78 is 9.96. The minimum atomic E-state index is -0.946. The Hall–Kier alpha value is -1.52. The molecule has 1 aromatic carbocycles. The Morgan fingerprint density at radius 3 is 2.40 bits per heavy atom. The van der Waals surface area contributed by atoms with Crippen LogP contribution in [0.4, 0.5) is 0 Å². The maximum Gasteiger partial charge on any atom is 0.218 e. The summed E-state index contributed by atoms with van der Waals surface area (Å²) in [6.45, 7) is 0. The highest BCUT2D eigenvalue weighted by molar-refractivity contribution is 6.06. The molecular formula is C16H20O4. The summed E-state index contributed by atoms with van der Waals surface area (Å²) in [4.78, 5) is 24.8. The summed E-state index contributed by atoms with van der Waals surface area (Å²) in [6, 6.07) is 9.65. The van der Waals surface area contributed by atoms with Crippen molar-refractivity contribution in [3.05, 3.63) is 35.9 Å². The zero-order valence-corrected chi connectivity index (χ0v) is 11.9. The number of Topliss-reactive ketones (excluding diaryl/α,β-unsaturated/α-hetero) is 2. The van der Waals surface area contributed by atoms with Gasteiger partial charge in [-0.25, -0.2) is 0 Å². The maximum absolute atomic E-state index is 12.6. The van der Waals surface area contributed by atoms with Gasteiger partial charge in [-0.3, -0.25) is 9.59 Å². The maximum atomic E-state index is 12.6. The minimum absolute atomic E-state index is 0.00782. The Morgan fingerprint density at radius 2 is 1.80 bits per heavy atom. The molecule has 0 bridgehead atoms. The normalized spacial score (nSPS) is 23.1. The molecule has 20 heavy (non-hydrogen) atoms. The van der Waals surface area contributed by atoms with Gasteiger partial charge in [-0.2, -0.15) is 0 Å². The van der Waals surface area contributed by atoms with Gasteiger partial charge in [-0.1, -0.05) is 36.8 Å². The zero-order chi connectivity index (χ0) is 14.5. The molecule has 0 unspecified atom stereocenters. The smallest absolute Gasteiger partial charge is 0.218 e. The predicted molar refractivity (Wildman–Crippen MR) is 74.3 cm³/mol. The number of benzene rings is 1. The van der Waals surface area contributed by atoms with Crippen molar-refractivity contribution in [2.75, 3.05) is 14.2 Å². The largest absolute Gasteiger partial charge is 0.349 e. The van der Waals surface area contributed by atoms with Crippen LogP contribution in [0, 0.1) is 5.92 Å². The van der Waals surface area contributed by atoms with Crippen molar-refractivity contribution in [3.63, 3.8) is 0 Å². The van der Waals surface area contributed by atoms with Crippen LogP contribution in [0.2, 0.25) is 0 Å². The molecule has 0 N–H and O–H groups in total. The molecule has 0 heterocycles. The number of carbonyl (C=O) groups excluding carboxylic acids is 2. The van der Waals surface area contributed by atoms with E-state index in [2.05, 4.69) is 0 Å². The van der Waals surface area contributed by atoms with Gasteiger partial charge in [-0.05, 0) is 18.4 Å². The molecule has 0 aromatic heterocycles. The van der Waals surface area contributed by atoms with Gasteiger partial charge in [0.1, 0.15) is 0 Å². The van der Waals surface area contributed by atoms with Gasteiger partial charge in [0, 0.05) is 20.1 Å². The summed E-state index contributed by atoms with van der Waals surface area (Å²) in [5.74, 6) is -1.07. The van der Waals surface area contributed by atoms with Crippen molar-refractivity contribution in [1.29, 1.82) is 0 Å². The lowest BCUT2D eigenvalue weighted by atomic mass is 9.75. The molecule has 4 nitrogen and oxygen atoms in total. The first-order valence-corrected chi connectivity index (χ1v) is 6.87. The van der Waals surface area contributed by atoms with Gasteiger partial charge in [-0.15, -0.1) is 0 Å². The number of carbonyl (C=O) groups is 2. The highest BCUT2D eigenvalue weighted by Gasteiger charge is 2.39. The molecule has 1 fully saturated rings. The lowest BCUT2D eigenvalue weighted by molar-refractivity contribution is -0.164. The molecule has 2 atom stereocenters. The van der Waals surface area contributed by atoms with Crippen molar-refractivity contribution in [1.82, 2.24) is 0 Å². The molecule has 4 heteroatoms. The van der Waals surface area contributed by atoms with Crippen molar-refractivity contribution in [2.45, 2.75) is 31.5 Å². The van der Waals surface area contributed by atoms with Gasteiger partial charge in [0.15, 0.2) is 11.6 Å². The van der Waals surface area contributed by atoms with Crippen LogP contribution in [-0.2, 0) is 19.1 Å². The number of hydrogen-bond acceptors (Lipinski definition) is 4. The number of ketones is 2. The molecule has 1 aromatic rings. The molecule has 2 rings (SSSR count). The Labute approximate surface area is 119 Å². The third kappa shape index (κ3) is 2.97. The van der Waals surface area contributed by atoms with Crippen molar-refractivity contribution in [3.8, 4) is 0 Å². The fourth-order valence-electron chi connectivity index (χ4n) is 2.85. The predicted octanol–water partition coefficient (Wildman–Crippen LogP) is 2.33. The van der Waals surface area contributed by atoms with E-state index in [1.807, 2.05) is 30.3 Å². The van der Waals surface area contributed by atoms with Crippen LogP contribution in [0.3, 0.4) is 0 Å². The van der Waals surface area contributed by atoms with Gasteiger partial charge in [0.2, 0.25) is 6.29 Å². The first-order chi connectivity index (χ1) is 9.69. The van der Waals surface area contributed by atoms with Gasteiger partial charge in [0.05, 0.1) is 5.92 Å². The second kappa shape index (κ2) is 6.77. The van der Waals surface area contributed by atoms with Crippen LogP contribution in [0.1, 0.15) is 30.7 Å². The van der Waals surface area contributed by atoms with Gasteiger partial charge < -0.3 is 9.47 Å². The third-order valence-corrected chi connectivity index (χ3v) is 3.88. The van der Waals surface area contributed by atoms with E-state index in [1.165, 1.54) is 14.2 Å². The van der Waals surface area contributed by atoms with E-state index in [9.17, 15) is 9.59 Å². The second-order valence-corrected chi connectivity index (χ2v) is 5.05. The lowest BCUT2D eigenvalue weighted by Crippen LogP contribution is -2.39. The van der Waals surface area contributed by atoms with Crippen molar-refractivity contribution >= 4 is 11.6 Å². The fourth-order valence-corrected chi connectivity index (χ4v) is 2.85. The molecule has 0 spiro atoms. The summed E-state index contributed by atoms with van der Waals surface area (Å²) in [6.07, 6.45) is 1.31. The first-order valence-electron chi connectivity index (χ1n) is 6.87. The van der Waals surface area contributed by atoms with E-state index in [0.29, 0.717) is 6.42 Å². The second-order valence-electron chi connectivity index (χ2n) is 5.05. The molecule has 0 saturated heterocycles. The van der Waals surface area contributed by atoms with Gasteiger partial charge in [0.25, 0.3) is 0 Å². The van der Waals surface area contributed by atoms with E-state index in [-0.39, 0.29) is 17.5 Å². The van der Waals surface area contributed by atoms with Crippen LogP contribution in [0.15, 0.2) is 30.3 Å². The van der Waals surface area contributed by atoms with Crippen molar-refractivity contribution < 1.29 is 19.1 Å². The highest BCUT2D eigenvalue weighted by atomic mass is 16.7. The summed E-state index contributed by atoms with van der Waals surface area (Å²) >= 11 is 0. The van der Waals surface area contributed by atoms with E-state index in [0.717, 1.165) is 18.4 Å². The number of hydrogen-bond donors (Lipinski definition) is 0. The number of rotatable bonds is 5. The van der Waals surface area contributed by atoms with E-state index < -0.39 is 12.2 Å². The Kier molecular flexibility index (Phi) is 5.04. The fraction of sp³-hybridized carbons (Fsp3) is 0.500. The minimum Gasteiger partial charge on any atom is -0.349 e. The van der Waals surface area contributed by atoms with E-state index in [1.54, 1.807) is 0 Å². The third-order valence-electron chi connectivity index (χ3n) is 3.88. The van der Waals surface area contributed by atoms with Gasteiger partial charge >= 0.3 is 0 Å². The van der Waals surface area contributed by atoms with E-state index >= 15 is 0 Å². The van der Waals surface area contributed by atoms with Crippen LogP contribution < -0.4 is 0 Å². The lowest BCUT2D eigenvalue weighted by Gasteiger charge is -2.28. The number of ether oxygens (including phenoxy) is 2. The molecule has 1 saturated carbocycles. The molecular weight excluding hydrogens is 256 g/mol. The van der Waals surface area contributed by atoms with Crippen LogP contribution in [0.25, 0.3) is 0 Å². The summed E-state index contributed by atoms with van der Waals surface area (Å²) in [5, 5.41) is 0. The topological polar surface area (TPSA) is 52.6 Å². The zero-order valence-electron chi connectivity index (χ0n) is 11.9. The standard InChI is InChI=1S/C16H20O4/c1-19-16(20-2)15(18)13-10-6-9-12(14(13)17)11-7-4-3-5-8-11/h3-5,7-8,12-13,16H,6,9-10H2,1-2H3/t12-,13-/m1/s1. The quantitative estimate of drug-likeness (QED) is 0.612. The molecule has 1 aliphatic carbocycles. The average Bonchev–Trinajstić information content (AvgIpc) is 2.49. The van der Waals surface area contributed by atoms with Crippen molar-refractivity contribution in [2.24, 2.45) is 5.92 Å². The van der Waals surface area contributed by atoms with Crippen LogP contribution >= 0.6 is 0 Å². The Balaban J connectivity index is 2.17. The molecule has 1 aliphatic rings. The van der Waals surface area contributed by atoms with E-state index in [4.69, 9.17) is 9.47 Å². The average molecular weight is 276 g/mol. The van der Waals surface area contributed by atoms with Crippen LogP contribution in [0.5, 0.6) is 0 Å². The Morgan fingerprint density at radius 1 is 1.15 bits per heavy atom. The SMILES string of the molecule is COC(OC)C(=O)[C@@H]1CCC[C@H](c2ccccc2)C1=O. The first kappa shape index (κ1) is 14.9. The monoisotopic (exact) mass is 276 g/mol. The van der Waals surface area contributed by atoms with Crippen LogP contribution in [-0.4, -0.2) is 32.1 Å². The number of methoxy groups -OCH3 is 2. The summed E-state index contributed by atoms with van der Waals surface area (Å²) in [7, 11) is 2.82. The molecule has 108 valence electrons. The highest BCUT2D eigenvalue weighted by Crippen LogP contribution is 2.34. The molecule has 0 radical (unpaired) electrons. The molecule has 0 amide bonds. The molecule has 0 aliphatic heterocycles. The summed E-state index contributed by atoms with van der Waals surface area (Å²) in [5.41, 5.74) is 0.987.